The molecule has 0 saturated carbocycles. The van der Waals surface area contributed by atoms with Gasteiger partial charge >= 0.3 is 15.6 Å². The molecule has 0 aliphatic rings. The fourth-order valence-electron chi connectivity index (χ4n) is 0. The molecule has 5 nitrogen and oxygen atoms in total. The predicted molar refractivity (Wildman–Crippen MR) is 24.8 cm³/mol. The Morgan fingerprint density at radius 2 is 1.20 bits per heavy atom. The van der Waals surface area contributed by atoms with Crippen molar-refractivity contribution < 1.29 is 37.1 Å². The normalized spacial score (nSPS) is 11.2. The third-order valence-corrected chi connectivity index (χ3v) is 0.877. The first-order valence-electron chi connectivity index (χ1n) is 1.29. The summed E-state index contributed by atoms with van der Waals surface area (Å²) in [7, 11) is -5.84. The van der Waals surface area contributed by atoms with Crippen LogP contribution >= 0.6 is 0 Å². The molecule has 0 unspecified atom stereocenters. The summed E-state index contributed by atoms with van der Waals surface area (Å²) in [6, 6.07) is 0. The van der Waals surface area contributed by atoms with Crippen molar-refractivity contribution in [2.24, 2.45) is 0 Å². The van der Waals surface area contributed by atoms with Crippen molar-refractivity contribution >= 4 is 10.1 Å². The molecule has 5 N–H and O–H groups in total. The van der Waals surface area contributed by atoms with Gasteiger partial charge in [-0.05, 0) is 0 Å². The Labute approximate surface area is 53.8 Å². The molecule has 0 rings (SSSR count). The highest BCUT2D eigenvalue weighted by Gasteiger charge is 2.44. The summed E-state index contributed by atoms with van der Waals surface area (Å²) in [6.07, 6.45) is 0. The summed E-state index contributed by atoms with van der Waals surface area (Å²) in [6.45, 7) is 0. The molecule has 0 fully saturated rings. The van der Waals surface area contributed by atoms with E-state index < -0.39 is 15.6 Å². The molecule has 0 bridgehead atoms. The van der Waals surface area contributed by atoms with Crippen LogP contribution in [-0.4, -0.2) is 29.4 Å². The quantitative estimate of drug-likeness (QED) is 0.375. The average molecular weight is 186 g/mol. The van der Waals surface area contributed by atoms with Gasteiger partial charge in [0, 0.05) is 0 Å². The summed E-state index contributed by atoms with van der Waals surface area (Å²) >= 11 is 0. The number of alkyl halides is 3. The van der Waals surface area contributed by atoms with Gasteiger partial charge in [0.15, 0.2) is 0 Å². The van der Waals surface area contributed by atoms with Crippen LogP contribution in [0.15, 0.2) is 0 Å². The van der Waals surface area contributed by atoms with E-state index >= 15 is 0 Å². The number of hydrogen-bond donors (Lipinski definition) is 1. The van der Waals surface area contributed by atoms with E-state index in [1.54, 1.807) is 0 Å². The molecule has 0 amide bonds. The topological polar surface area (TPSA) is 117 Å². The van der Waals surface area contributed by atoms with Crippen molar-refractivity contribution in [2.45, 2.75) is 5.51 Å². The van der Waals surface area contributed by atoms with Crippen molar-refractivity contribution in [3.63, 3.8) is 0 Å². The fraction of sp³-hybridized carbons (Fsp3) is 1.00. The van der Waals surface area contributed by atoms with Gasteiger partial charge in [-0.15, -0.1) is 0 Å². The van der Waals surface area contributed by atoms with E-state index in [9.17, 15) is 13.2 Å². The van der Waals surface area contributed by atoms with E-state index in [0.717, 1.165) is 0 Å². The van der Waals surface area contributed by atoms with Crippen molar-refractivity contribution in [3.8, 4) is 0 Å². The highest BCUT2D eigenvalue weighted by molar-refractivity contribution is 7.86. The van der Waals surface area contributed by atoms with Crippen LogP contribution in [0.3, 0.4) is 0 Å². The molecule has 10 heavy (non-hydrogen) atoms. The Morgan fingerprint density at radius 1 is 1.10 bits per heavy atom. The predicted octanol–water partition coefficient (Wildman–Crippen LogP) is -1.26. The van der Waals surface area contributed by atoms with Crippen LogP contribution < -0.4 is 0 Å². The summed E-state index contributed by atoms with van der Waals surface area (Å²) in [5.41, 5.74) is -5.53. The Balaban J connectivity index is -0.000000245. The maximum atomic E-state index is 10.7. The standard InChI is InChI=1S/CHF3O3S.2H2O/c2-1(3,4)8(5,6)7;;/h(H,5,6,7);2*1H2. The van der Waals surface area contributed by atoms with Crippen molar-refractivity contribution in [2.75, 3.05) is 0 Å². The molecule has 0 saturated heterocycles. The molecule has 0 aliphatic heterocycles. The van der Waals surface area contributed by atoms with Crippen LogP contribution in [0.1, 0.15) is 0 Å². The summed E-state index contributed by atoms with van der Waals surface area (Å²) < 4.78 is 57.5. The fourth-order valence-corrected chi connectivity index (χ4v) is 0. The Morgan fingerprint density at radius 3 is 1.20 bits per heavy atom. The molecule has 0 aliphatic carbocycles. The monoisotopic (exact) mass is 186 g/mol. The number of halogens is 3. The molecule has 0 radical (unpaired) electrons. The van der Waals surface area contributed by atoms with Crippen LogP contribution in [0.4, 0.5) is 13.2 Å². The molecule has 0 aromatic carbocycles. The minimum atomic E-state index is -5.84. The average Bonchev–Trinajstić information content (AvgIpc) is 1.25. The minimum Gasteiger partial charge on any atom is -0.412 e. The molecular weight excluding hydrogens is 181 g/mol. The lowest BCUT2D eigenvalue weighted by Crippen LogP contribution is -2.21. The zero-order valence-corrected chi connectivity index (χ0v) is 5.12. The van der Waals surface area contributed by atoms with E-state index in [1.807, 2.05) is 0 Å². The van der Waals surface area contributed by atoms with Gasteiger partial charge in [-0.2, -0.15) is 21.6 Å². The zero-order chi connectivity index (χ0) is 7.00. The molecule has 0 aromatic rings. The van der Waals surface area contributed by atoms with Crippen LogP contribution in [0.2, 0.25) is 0 Å². The largest absolute Gasteiger partial charge is 0.522 e. The van der Waals surface area contributed by atoms with Gasteiger partial charge in [0.2, 0.25) is 0 Å². The van der Waals surface area contributed by atoms with Gasteiger partial charge in [-0.3, -0.25) is 4.55 Å². The maximum Gasteiger partial charge on any atom is 0.522 e. The van der Waals surface area contributed by atoms with Gasteiger partial charge in [-0.25, -0.2) is 0 Å². The zero-order valence-electron chi connectivity index (χ0n) is 4.31. The van der Waals surface area contributed by atoms with Crippen LogP contribution in [0.25, 0.3) is 0 Å². The van der Waals surface area contributed by atoms with E-state index in [4.69, 9.17) is 13.0 Å². The SMILES string of the molecule is O.O.O=S(=O)(O)C(F)(F)F. The molecule has 0 spiro atoms. The third kappa shape index (κ3) is 4.49. The number of rotatable bonds is 0. The van der Waals surface area contributed by atoms with Crippen molar-refractivity contribution in [1.82, 2.24) is 0 Å². The molecule has 0 aromatic heterocycles. The lowest BCUT2D eigenvalue weighted by atomic mass is 11.6. The van der Waals surface area contributed by atoms with Crippen molar-refractivity contribution in [1.29, 1.82) is 0 Å². The highest BCUT2D eigenvalue weighted by atomic mass is 32.2. The molecule has 0 heterocycles. The second kappa shape index (κ2) is 3.71. The van der Waals surface area contributed by atoms with E-state index in [1.165, 1.54) is 0 Å². The first kappa shape index (κ1) is 16.3. The lowest BCUT2D eigenvalue weighted by molar-refractivity contribution is -0.0510. The molecular formula is CH5F3O5S. The van der Waals surface area contributed by atoms with E-state index in [2.05, 4.69) is 0 Å². The van der Waals surface area contributed by atoms with Crippen LogP contribution in [0.5, 0.6) is 0 Å². The molecule has 9 heteroatoms. The summed E-state index contributed by atoms with van der Waals surface area (Å²) in [5.74, 6) is 0. The second-order valence-corrected chi connectivity index (χ2v) is 2.33. The molecule has 66 valence electrons. The lowest BCUT2D eigenvalue weighted by Gasteiger charge is -1.97. The Hall–Kier alpha value is -0.380. The highest BCUT2D eigenvalue weighted by Crippen LogP contribution is 2.20. The Bertz CT molecular complexity index is 166. The molecule has 0 atom stereocenters. The van der Waals surface area contributed by atoms with Crippen LogP contribution in [0, 0.1) is 0 Å². The summed E-state index contributed by atoms with van der Waals surface area (Å²) in [4.78, 5) is 0. The third-order valence-electron chi connectivity index (χ3n) is 0.292. The van der Waals surface area contributed by atoms with Crippen molar-refractivity contribution in [3.05, 3.63) is 0 Å². The Kier molecular flexibility index (Phi) is 6.05. The van der Waals surface area contributed by atoms with Gasteiger partial charge in [0.05, 0.1) is 0 Å². The smallest absolute Gasteiger partial charge is 0.412 e. The van der Waals surface area contributed by atoms with Gasteiger partial charge in [0.1, 0.15) is 0 Å². The van der Waals surface area contributed by atoms with Gasteiger partial charge in [0.25, 0.3) is 0 Å². The summed E-state index contributed by atoms with van der Waals surface area (Å²) in [5, 5.41) is 0. The van der Waals surface area contributed by atoms with Gasteiger partial charge in [-0.1, -0.05) is 0 Å². The minimum absolute atomic E-state index is 0. The van der Waals surface area contributed by atoms with E-state index in [0.29, 0.717) is 0 Å². The van der Waals surface area contributed by atoms with Crippen LogP contribution in [-0.2, 0) is 10.1 Å². The first-order valence-corrected chi connectivity index (χ1v) is 2.73. The van der Waals surface area contributed by atoms with E-state index in [-0.39, 0.29) is 11.0 Å². The maximum absolute atomic E-state index is 10.7. The number of hydrogen-bond acceptors (Lipinski definition) is 2. The van der Waals surface area contributed by atoms with Gasteiger partial charge < -0.3 is 11.0 Å². The first-order chi connectivity index (χ1) is 3.25. The second-order valence-electron chi connectivity index (χ2n) is 0.921.